The van der Waals surface area contributed by atoms with Crippen molar-refractivity contribution in [2.24, 2.45) is 0 Å². The van der Waals surface area contributed by atoms with Gasteiger partial charge >= 0.3 is 18.3 Å². The maximum atomic E-state index is 13.2. The molecule has 1 saturated carbocycles. The van der Waals surface area contributed by atoms with Crippen LogP contribution in [-0.4, -0.2) is 157 Å². The topological polar surface area (TPSA) is 325 Å². The van der Waals surface area contributed by atoms with Gasteiger partial charge in [0.1, 0.15) is 47.5 Å². The quantitative estimate of drug-likeness (QED) is 0.0546. The Morgan fingerprint density at radius 3 is 2.15 bits per heavy atom. The highest BCUT2D eigenvalue weighted by atomic mass is 32.2. The highest BCUT2D eigenvalue weighted by Crippen LogP contribution is 2.31. The van der Waals surface area contributed by atoms with Gasteiger partial charge in [0, 0.05) is 12.1 Å². The number of ether oxygens (including phenoxy) is 6. The minimum Gasteiger partial charge on any atom is -0.465 e. The second-order valence-corrected chi connectivity index (χ2v) is 19.0. The van der Waals surface area contributed by atoms with Gasteiger partial charge in [-0.05, 0) is 80.0 Å². The number of nitrogens with zero attached hydrogens (tertiary/aromatic N) is 1. The third-order valence-corrected chi connectivity index (χ3v) is 10.0. The summed E-state index contributed by atoms with van der Waals surface area (Å²) >= 11 is 0. The van der Waals surface area contributed by atoms with E-state index in [0.717, 1.165) is 6.26 Å². The molecule has 0 saturated heterocycles. The van der Waals surface area contributed by atoms with E-state index in [1.54, 1.807) is 41.5 Å². The summed E-state index contributed by atoms with van der Waals surface area (Å²) in [4.78, 5) is 49.4. The summed E-state index contributed by atoms with van der Waals surface area (Å²) in [7, 11) is -2.59. The zero-order valence-electron chi connectivity index (χ0n) is 36.3. The first kappa shape index (κ1) is 51.9. The van der Waals surface area contributed by atoms with Crippen LogP contribution in [0, 0.1) is 10.1 Å². The zero-order valence-corrected chi connectivity index (χ0v) is 37.1. The number of rotatable bonds is 18. The van der Waals surface area contributed by atoms with E-state index in [1.165, 1.54) is 44.3 Å². The number of nitro groups is 1. The minimum atomic E-state index is -4.01. The van der Waals surface area contributed by atoms with Crippen LogP contribution in [0.3, 0.4) is 0 Å². The summed E-state index contributed by atoms with van der Waals surface area (Å²) in [5.74, 6) is 0.105. The third-order valence-electron chi connectivity index (χ3n) is 9.27. The van der Waals surface area contributed by atoms with Crippen molar-refractivity contribution in [3.05, 3.63) is 51.8 Å². The second-order valence-electron chi connectivity index (χ2n) is 17.2. The van der Waals surface area contributed by atoms with E-state index >= 15 is 0 Å². The number of nitro benzene ring substituents is 1. The molecule has 1 aliphatic heterocycles. The molecule has 0 unspecified atom stereocenters. The van der Waals surface area contributed by atoms with Crippen LogP contribution in [-0.2, 0) is 45.1 Å². The van der Waals surface area contributed by atoms with E-state index < -0.39 is 118 Å². The standard InChI is InChI=1S/C38H62N6O17S/c1-36(2,3)60-34(49)41-24-14-13-23(17-40-33(48)57-18-21-11-10-12-22(15-21)44(52)53)58-32(24)59-30-25(42-35(50)61-37(4,5)6)16-26(43-62(9,54)55)29(28(30)47)56-19-27(46)31(39-8)38(7,51)20-45/h10-13,15,24-32,39,43,45-47,51H,14,16-20H2,1-9H3,(H,40,48)(H,41,49)(H,42,50)/t24-,25+,26-,27+,28-,29+,30-,31-,32-,38+/m1/s1. The number of non-ortho nitro benzene ring substituents is 1. The van der Waals surface area contributed by atoms with E-state index in [2.05, 4.69) is 26.0 Å². The number of aliphatic hydroxyl groups excluding tert-OH is 3. The van der Waals surface area contributed by atoms with Crippen molar-refractivity contribution in [2.45, 2.75) is 140 Å². The van der Waals surface area contributed by atoms with Gasteiger partial charge in [0.25, 0.3) is 5.69 Å². The Hall–Kier alpha value is -4.40. The Balaban J connectivity index is 1.95. The smallest absolute Gasteiger partial charge is 0.408 e. The van der Waals surface area contributed by atoms with Crippen molar-refractivity contribution in [2.75, 3.05) is 33.1 Å². The maximum absolute atomic E-state index is 13.2. The largest absolute Gasteiger partial charge is 0.465 e. The molecule has 0 radical (unpaired) electrons. The minimum absolute atomic E-state index is 0.0111. The number of aliphatic hydroxyl groups is 4. The van der Waals surface area contributed by atoms with Crippen LogP contribution in [0.1, 0.15) is 66.9 Å². The Morgan fingerprint density at radius 2 is 1.60 bits per heavy atom. The lowest BCUT2D eigenvalue weighted by molar-refractivity contribution is -0.384. The third kappa shape index (κ3) is 16.7. The average molecular weight is 907 g/mol. The van der Waals surface area contributed by atoms with Gasteiger partial charge in [-0.3, -0.25) is 10.1 Å². The van der Waals surface area contributed by atoms with Crippen LogP contribution in [0.25, 0.3) is 0 Å². The molecule has 24 heteroatoms. The number of nitrogens with one attached hydrogen (secondary N) is 5. The summed E-state index contributed by atoms with van der Waals surface area (Å²) in [6, 6.07) is 0.816. The summed E-state index contributed by atoms with van der Waals surface area (Å²) in [6.45, 7) is 9.10. The molecule has 1 heterocycles. The normalized spacial score (nSPS) is 25.1. The highest BCUT2D eigenvalue weighted by molar-refractivity contribution is 7.88. The number of carbonyl (C=O) groups is 3. The van der Waals surface area contributed by atoms with Crippen LogP contribution in [0.15, 0.2) is 36.1 Å². The van der Waals surface area contributed by atoms with Gasteiger partial charge < -0.3 is 70.1 Å². The highest BCUT2D eigenvalue weighted by Gasteiger charge is 2.50. The molecule has 2 aliphatic rings. The summed E-state index contributed by atoms with van der Waals surface area (Å²) in [5.41, 5.74) is -3.57. The molecule has 3 rings (SSSR count). The monoisotopic (exact) mass is 906 g/mol. The molecule has 0 aromatic heterocycles. The average Bonchev–Trinajstić information content (AvgIpc) is 3.13. The van der Waals surface area contributed by atoms with Gasteiger partial charge in [-0.1, -0.05) is 12.1 Å². The predicted molar refractivity (Wildman–Crippen MR) is 219 cm³/mol. The molecule has 62 heavy (non-hydrogen) atoms. The van der Waals surface area contributed by atoms with Crippen LogP contribution < -0.4 is 26.0 Å². The van der Waals surface area contributed by atoms with Crippen molar-refractivity contribution in [1.82, 2.24) is 26.0 Å². The number of sulfonamides is 1. The van der Waals surface area contributed by atoms with Gasteiger partial charge in [-0.25, -0.2) is 27.5 Å². The molecule has 0 spiro atoms. The number of alkyl carbamates (subject to hydrolysis) is 3. The lowest BCUT2D eigenvalue weighted by Gasteiger charge is -2.46. The number of hydrogen-bond donors (Lipinski definition) is 9. The molecule has 1 aromatic carbocycles. The van der Waals surface area contributed by atoms with Crippen LogP contribution in [0.5, 0.6) is 0 Å². The lowest BCUT2D eigenvalue weighted by atomic mass is 9.83. The second kappa shape index (κ2) is 21.8. The van der Waals surface area contributed by atoms with E-state index in [-0.39, 0.29) is 37.4 Å². The van der Waals surface area contributed by atoms with Gasteiger partial charge in [-0.2, -0.15) is 0 Å². The van der Waals surface area contributed by atoms with E-state index in [9.17, 15) is 53.3 Å². The van der Waals surface area contributed by atoms with E-state index in [1.807, 2.05) is 0 Å². The van der Waals surface area contributed by atoms with Crippen molar-refractivity contribution >= 4 is 34.0 Å². The molecule has 1 fully saturated rings. The van der Waals surface area contributed by atoms with Gasteiger partial charge in [0.2, 0.25) is 16.3 Å². The number of hydrogen-bond acceptors (Lipinski definition) is 18. The Kier molecular flexibility index (Phi) is 18.3. The molecular weight excluding hydrogens is 845 g/mol. The number of likely N-dealkylation sites (N-methyl/N-ethyl adjacent to an activating group) is 1. The molecule has 1 aliphatic carbocycles. The molecule has 352 valence electrons. The fourth-order valence-corrected chi connectivity index (χ4v) is 7.43. The van der Waals surface area contributed by atoms with Crippen LogP contribution in [0.4, 0.5) is 20.1 Å². The summed E-state index contributed by atoms with van der Waals surface area (Å²) in [6.07, 6.45) is -8.49. The Bertz CT molecular complexity index is 1840. The van der Waals surface area contributed by atoms with Crippen molar-refractivity contribution in [1.29, 1.82) is 0 Å². The molecule has 1 aromatic rings. The van der Waals surface area contributed by atoms with Crippen molar-refractivity contribution in [3.63, 3.8) is 0 Å². The first-order valence-electron chi connectivity index (χ1n) is 19.7. The molecule has 0 bridgehead atoms. The first-order valence-corrected chi connectivity index (χ1v) is 21.6. The van der Waals surface area contributed by atoms with E-state index in [4.69, 9.17) is 28.4 Å². The Morgan fingerprint density at radius 1 is 0.984 bits per heavy atom. The van der Waals surface area contributed by atoms with Crippen LogP contribution >= 0.6 is 0 Å². The van der Waals surface area contributed by atoms with Gasteiger partial charge in [0.05, 0.1) is 61.2 Å². The van der Waals surface area contributed by atoms with Crippen molar-refractivity contribution < 1.29 is 76.6 Å². The van der Waals surface area contributed by atoms with Gasteiger partial charge in [-0.15, -0.1) is 0 Å². The molecule has 3 amide bonds. The molecular formula is C38H62N6O17S. The summed E-state index contributed by atoms with van der Waals surface area (Å²) < 4.78 is 62.2. The van der Waals surface area contributed by atoms with Crippen LogP contribution in [0.2, 0.25) is 0 Å². The number of benzene rings is 1. The zero-order chi connectivity index (χ0) is 46.8. The number of amides is 3. The number of carbonyl (C=O) groups excluding carboxylic acids is 3. The maximum Gasteiger partial charge on any atom is 0.408 e. The van der Waals surface area contributed by atoms with Crippen molar-refractivity contribution in [3.8, 4) is 0 Å². The summed E-state index contributed by atoms with van der Waals surface area (Å²) in [5, 5.41) is 65.1. The van der Waals surface area contributed by atoms with Gasteiger partial charge in [0.15, 0.2) is 0 Å². The molecule has 9 N–H and O–H groups in total. The molecule has 10 atom stereocenters. The predicted octanol–water partition coefficient (Wildman–Crippen LogP) is 0.383. The molecule has 23 nitrogen and oxygen atoms in total. The SMILES string of the molecule is CN[C@H]([C@@H](O)CO[C@@H]1[C@@H](O)[C@H](O[C@H]2OC(CNC(=O)OCc3cccc([N+](=O)[O-])c3)=CC[C@H]2NC(=O)OC(C)(C)C)[C@@H](NC(=O)OC(C)(C)C)C[C@H]1NS(C)(=O)=O)[C@@](C)(O)CO. The fraction of sp³-hybridized carbons (Fsp3) is 0.711. The fourth-order valence-electron chi connectivity index (χ4n) is 6.65. The lowest BCUT2D eigenvalue weighted by Crippen LogP contribution is -2.67. The first-order chi connectivity index (χ1) is 28.6. The van der Waals surface area contributed by atoms with E-state index in [0.29, 0.717) is 5.56 Å². The Labute approximate surface area is 360 Å².